The van der Waals surface area contributed by atoms with Crippen molar-refractivity contribution in [2.75, 3.05) is 32.7 Å². The lowest BCUT2D eigenvalue weighted by Crippen LogP contribution is -2.52. The van der Waals surface area contributed by atoms with E-state index in [0.29, 0.717) is 30.1 Å². The number of piperazine rings is 1. The van der Waals surface area contributed by atoms with Crippen molar-refractivity contribution in [1.82, 2.24) is 24.3 Å². The lowest BCUT2D eigenvalue weighted by Gasteiger charge is -2.47. The quantitative estimate of drug-likeness (QED) is 0.171. The third-order valence-corrected chi connectivity index (χ3v) is 14.9. The van der Waals surface area contributed by atoms with Gasteiger partial charge in [0.05, 0.1) is 24.1 Å². The van der Waals surface area contributed by atoms with E-state index in [4.69, 9.17) is 4.74 Å². The molecule has 3 aliphatic carbocycles. The second-order valence-corrected chi connectivity index (χ2v) is 21.6. The first-order valence-electron chi connectivity index (χ1n) is 25.1. The van der Waals surface area contributed by atoms with Gasteiger partial charge in [0.1, 0.15) is 5.82 Å². The van der Waals surface area contributed by atoms with Gasteiger partial charge in [-0.1, -0.05) is 110 Å². The molecule has 0 N–H and O–H groups in total. The van der Waals surface area contributed by atoms with Crippen LogP contribution in [0.2, 0.25) is 0 Å². The Morgan fingerprint density at radius 1 is 0.672 bits per heavy atom. The van der Waals surface area contributed by atoms with E-state index in [-0.39, 0.29) is 0 Å². The van der Waals surface area contributed by atoms with Crippen LogP contribution in [-0.4, -0.2) is 93.3 Å². The average Bonchev–Trinajstić information content (AvgIpc) is 3.88. The summed E-state index contributed by atoms with van der Waals surface area (Å²) >= 11 is 0. The van der Waals surface area contributed by atoms with Crippen LogP contribution in [0.15, 0.2) is 54.7 Å². The first-order chi connectivity index (χ1) is 29.0. The molecule has 0 bridgehead atoms. The van der Waals surface area contributed by atoms with Gasteiger partial charge in [-0.25, -0.2) is 4.98 Å². The molecule has 1 aromatic heterocycles. The van der Waals surface area contributed by atoms with Gasteiger partial charge in [-0.2, -0.15) is 0 Å². The molecular formula is C55H91N5O. The maximum Gasteiger partial charge on any atom is 0.111 e. The summed E-state index contributed by atoms with van der Waals surface area (Å²) in [7, 11) is 2.09. The zero-order chi connectivity index (χ0) is 44.4. The van der Waals surface area contributed by atoms with E-state index in [1.807, 2.05) is 6.20 Å². The first kappa shape index (κ1) is 49.5. The topological polar surface area (TPSA) is 36.8 Å². The Morgan fingerprint density at radius 2 is 1.25 bits per heavy atom. The van der Waals surface area contributed by atoms with Crippen molar-refractivity contribution in [2.45, 2.75) is 196 Å². The highest BCUT2D eigenvalue weighted by molar-refractivity contribution is 5.69. The Bertz CT molecular complexity index is 1670. The summed E-state index contributed by atoms with van der Waals surface area (Å²) in [5.74, 6) is 5.91. The highest BCUT2D eigenvalue weighted by atomic mass is 16.5. The summed E-state index contributed by atoms with van der Waals surface area (Å²) in [4.78, 5) is 12.7. The van der Waals surface area contributed by atoms with E-state index in [2.05, 4.69) is 170 Å². The van der Waals surface area contributed by atoms with Gasteiger partial charge in [0, 0.05) is 69.9 Å². The fraction of sp³-hybridized carbons (Fsp3) is 0.727. The fourth-order valence-corrected chi connectivity index (χ4v) is 10.6. The van der Waals surface area contributed by atoms with Crippen LogP contribution in [0.1, 0.15) is 171 Å². The van der Waals surface area contributed by atoms with Crippen LogP contribution in [0, 0.1) is 23.7 Å². The molecule has 1 aliphatic heterocycles. The number of aromatic nitrogens is 2. The zero-order valence-corrected chi connectivity index (χ0v) is 41.7. The van der Waals surface area contributed by atoms with Crippen molar-refractivity contribution >= 4 is 0 Å². The van der Waals surface area contributed by atoms with Crippen LogP contribution in [-0.2, 0) is 11.8 Å². The van der Waals surface area contributed by atoms with E-state index in [9.17, 15) is 0 Å². The maximum atomic E-state index is 5.92. The lowest BCUT2D eigenvalue weighted by atomic mass is 9.81. The van der Waals surface area contributed by atoms with Crippen molar-refractivity contribution in [2.24, 2.45) is 30.7 Å². The molecule has 4 aliphatic rings. The molecule has 2 unspecified atom stereocenters. The predicted molar refractivity (Wildman–Crippen MR) is 263 cm³/mol. The van der Waals surface area contributed by atoms with Gasteiger partial charge < -0.3 is 9.30 Å². The Morgan fingerprint density at radius 3 is 1.72 bits per heavy atom. The Labute approximate surface area is 375 Å². The van der Waals surface area contributed by atoms with Crippen LogP contribution in [0.4, 0.5) is 0 Å². The second kappa shape index (κ2) is 23.4. The molecule has 61 heavy (non-hydrogen) atoms. The smallest absolute Gasteiger partial charge is 0.111 e. The molecule has 2 aromatic carbocycles. The summed E-state index contributed by atoms with van der Waals surface area (Å²) in [5.41, 5.74) is 6.27. The van der Waals surface area contributed by atoms with Crippen LogP contribution in [0.3, 0.4) is 0 Å². The summed E-state index contributed by atoms with van der Waals surface area (Å²) in [5, 5.41) is 0. The number of benzene rings is 2. The van der Waals surface area contributed by atoms with Gasteiger partial charge in [-0.05, 0) is 138 Å². The van der Waals surface area contributed by atoms with Crippen LogP contribution in [0.25, 0.3) is 22.4 Å². The van der Waals surface area contributed by atoms with E-state index < -0.39 is 0 Å². The molecule has 3 aromatic rings. The van der Waals surface area contributed by atoms with Crippen LogP contribution in [0.5, 0.6) is 0 Å². The molecule has 7 rings (SSSR count). The minimum atomic E-state index is 0.383. The number of hydrogen-bond donors (Lipinski definition) is 0. The van der Waals surface area contributed by atoms with Gasteiger partial charge in [-0.15, -0.1) is 0 Å². The van der Waals surface area contributed by atoms with E-state index in [1.165, 1.54) is 118 Å². The molecule has 2 heterocycles. The van der Waals surface area contributed by atoms with Gasteiger partial charge >= 0.3 is 0 Å². The molecule has 1 saturated heterocycles. The van der Waals surface area contributed by atoms with E-state index >= 15 is 0 Å². The normalized spacial score (nSPS) is 25.1. The number of ether oxygens (including phenoxy) is 1. The molecule has 0 spiro atoms. The fourth-order valence-electron chi connectivity index (χ4n) is 10.6. The molecule has 2 atom stereocenters. The summed E-state index contributed by atoms with van der Waals surface area (Å²) in [6, 6.07) is 20.7. The van der Waals surface area contributed by atoms with E-state index in [0.717, 1.165) is 47.6 Å². The largest absolute Gasteiger partial charge is 0.375 e. The minimum Gasteiger partial charge on any atom is -0.375 e. The van der Waals surface area contributed by atoms with Crippen molar-refractivity contribution in [1.29, 1.82) is 0 Å². The SMILES string of the molecule is CC(C)C1CCC(N2CCN(C(C)C)CC2)C1.CC(C)c1ccc(-c2ccc(-c3cnc(C(C)C)n3C)cc2)cc1.CC1CCC(CN(C(C)C)C2CC(OC(C)C)C2)CC1. The molecule has 0 radical (unpaired) electrons. The summed E-state index contributed by atoms with van der Waals surface area (Å²) in [6.07, 6.45) is 15.5. The number of rotatable bonds is 13. The van der Waals surface area contributed by atoms with Crippen molar-refractivity contribution < 1.29 is 4.74 Å². The minimum absolute atomic E-state index is 0.383. The first-order valence-corrected chi connectivity index (χ1v) is 25.1. The summed E-state index contributed by atoms with van der Waals surface area (Å²) < 4.78 is 8.12. The lowest BCUT2D eigenvalue weighted by molar-refractivity contribution is -0.0857. The van der Waals surface area contributed by atoms with Gasteiger partial charge in [0.2, 0.25) is 0 Å². The number of imidazole rings is 1. The van der Waals surface area contributed by atoms with Crippen molar-refractivity contribution in [3.05, 3.63) is 66.1 Å². The molecule has 0 amide bonds. The Hall–Kier alpha value is -2.51. The summed E-state index contributed by atoms with van der Waals surface area (Å²) in [6.45, 7) is 36.1. The molecule has 3 saturated carbocycles. The molecule has 6 heteroatoms. The van der Waals surface area contributed by atoms with Crippen molar-refractivity contribution in [3.63, 3.8) is 0 Å². The standard InChI is InChI=1S/C22H26N2.C18H35NO.C15H30N2/c1-15(2)17-6-8-18(9-7-17)19-10-12-20(13-11-19)21-14-23-22(16(3)4)24(21)5;1-13(2)19(12-16-8-6-15(5)7-9-16)17-10-18(11-17)20-14(3)4;1-12(2)14-5-6-15(11-14)17-9-7-16(8-10-17)13(3)4/h6-16H,1-5H3;13-18H,6-12H2,1-5H3;12-15H,5-11H2,1-4H3. The second-order valence-electron chi connectivity index (χ2n) is 21.6. The van der Waals surface area contributed by atoms with E-state index in [1.54, 1.807) is 0 Å². The van der Waals surface area contributed by atoms with Gasteiger partial charge in [0.25, 0.3) is 0 Å². The number of hydrogen-bond acceptors (Lipinski definition) is 5. The molecule has 4 fully saturated rings. The molecule has 6 nitrogen and oxygen atoms in total. The Balaban J connectivity index is 0.000000176. The maximum absolute atomic E-state index is 5.92. The molecular weight excluding hydrogens is 747 g/mol. The van der Waals surface area contributed by atoms with Gasteiger partial charge in [-0.3, -0.25) is 14.7 Å². The monoisotopic (exact) mass is 838 g/mol. The Kier molecular flexibility index (Phi) is 19.0. The third-order valence-electron chi connectivity index (χ3n) is 14.9. The van der Waals surface area contributed by atoms with Crippen molar-refractivity contribution in [3.8, 4) is 22.4 Å². The van der Waals surface area contributed by atoms with Crippen LogP contribution >= 0.6 is 0 Å². The highest BCUT2D eigenvalue weighted by Crippen LogP contribution is 2.36. The third kappa shape index (κ3) is 14.2. The average molecular weight is 838 g/mol. The van der Waals surface area contributed by atoms with Gasteiger partial charge in [0.15, 0.2) is 0 Å². The number of nitrogens with zero attached hydrogens (tertiary/aromatic N) is 5. The van der Waals surface area contributed by atoms with Crippen LogP contribution < -0.4 is 0 Å². The highest BCUT2D eigenvalue weighted by Gasteiger charge is 2.37. The zero-order valence-electron chi connectivity index (χ0n) is 41.7. The predicted octanol–water partition coefficient (Wildman–Crippen LogP) is 13.3. The molecule has 342 valence electrons.